The number of nitriles is 1. The Balaban J connectivity index is 2.89. The quantitative estimate of drug-likeness (QED) is 0.798. The van der Waals surface area contributed by atoms with Crippen LogP contribution in [0.1, 0.15) is 45.6 Å². The summed E-state index contributed by atoms with van der Waals surface area (Å²) in [5, 5.41) is 12.0. The Morgan fingerprint density at radius 1 is 1.41 bits per heavy atom. The maximum atomic E-state index is 12.4. The minimum absolute atomic E-state index is 0.212. The third-order valence-corrected chi connectivity index (χ3v) is 3.60. The molecule has 22 heavy (non-hydrogen) atoms. The van der Waals surface area contributed by atoms with Crippen molar-refractivity contribution < 1.29 is 14.3 Å². The molecule has 1 aromatic rings. The van der Waals surface area contributed by atoms with Crippen LogP contribution in [-0.2, 0) is 9.53 Å². The molecular formula is C17H24N2O3. The summed E-state index contributed by atoms with van der Waals surface area (Å²) >= 11 is 0. The molecule has 1 N–H and O–H groups in total. The molecule has 0 saturated heterocycles. The van der Waals surface area contributed by atoms with E-state index in [-0.39, 0.29) is 5.91 Å². The molecule has 1 unspecified atom stereocenters. The van der Waals surface area contributed by atoms with E-state index in [0.29, 0.717) is 30.0 Å². The molecule has 1 aromatic carbocycles. The molecule has 0 aromatic heterocycles. The van der Waals surface area contributed by atoms with Gasteiger partial charge >= 0.3 is 0 Å². The van der Waals surface area contributed by atoms with E-state index in [1.165, 1.54) is 7.11 Å². The Labute approximate surface area is 132 Å². The van der Waals surface area contributed by atoms with Crippen molar-refractivity contribution in [1.29, 1.82) is 5.26 Å². The number of hydrogen-bond donors (Lipinski definition) is 1. The molecular weight excluding hydrogens is 280 g/mol. The molecule has 1 amide bonds. The van der Waals surface area contributed by atoms with Crippen LogP contribution in [0.3, 0.4) is 0 Å². The second kappa shape index (κ2) is 8.40. The zero-order valence-corrected chi connectivity index (χ0v) is 13.7. The van der Waals surface area contributed by atoms with Crippen LogP contribution >= 0.6 is 0 Å². The largest absolute Gasteiger partial charge is 0.492 e. The van der Waals surface area contributed by atoms with Crippen molar-refractivity contribution in [2.45, 2.75) is 45.6 Å². The Kier molecular flexibility index (Phi) is 6.87. The number of hydrogen-bond acceptors (Lipinski definition) is 4. The van der Waals surface area contributed by atoms with Crippen molar-refractivity contribution in [3.63, 3.8) is 0 Å². The number of methoxy groups -OCH3 is 1. The average Bonchev–Trinajstić information content (AvgIpc) is 2.54. The Morgan fingerprint density at radius 3 is 2.68 bits per heavy atom. The number of anilines is 1. The van der Waals surface area contributed by atoms with E-state index < -0.39 is 5.60 Å². The molecule has 0 radical (unpaired) electrons. The summed E-state index contributed by atoms with van der Waals surface area (Å²) in [6.45, 7) is 6.19. The van der Waals surface area contributed by atoms with Crippen molar-refractivity contribution in [3.05, 3.63) is 23.8 Å². The fraction of sp³-hybridized carbons (Fsp3) is 0.529. The fourth-order valence-electron chi connectivity index (χ4n) is 2.06. The summed E-state index contributed by atoms with van der Waals surface area (Å²) in [6, 6.07) is 7.09. The van der Waals surface area contributed by atoms with Crippen LogP contribution in [0.2, 0.25) is 0 Å². The Bertz CT molecular complexity index is 551. The van der Waals surface area contributed by atoms with Crippen LogP contribution in [0, 0.1) is 11.3 Å². The van der Waals surface area contributed by atoms with E-state index in [1.807, 2.05) is 6.92 Å². The molecule has 5 heteroatoms. The number of nitrogens with one attached hydrogen (secondary N) is 1. The first-order valence-corrected chi connectivity index (χ1v) is 7.54. The monoisotopic (exact) mass is 304 g/mol. The molecule has 1 atom stereocenters. The number of benzene rings is 1. The van der Waals surface area contributed by atoms with Crippen LogP contribution in [0.5, 0.6) is 5.75 Å². The van der Waals surface area contributed by atoms with E-state index in [2.05, 4.69) is 18.3 Å². The number of unbranched alkanes of at least 4 members (excludes halogenated alkanes) is 1. The zero-order valence-electron chi connectivity index (χ0n) is 13.7. The third kappa shape index (κ3) is 4.47. The molecule has 0 bridgehead atoms. The van der Waals surface area contributed by atoms with Gasteiger partial charge in [-0.1, -0.05) is 19.8 Å². The van der Waals surface area contributed by atoms with Gasteiger partial charge in [0.25, 0.3) is 5.91 Å². The first-order valence-electron chi connectivity index (χ1n) is 7.54. The number of nitrogens with zero attached hydrogens (tertiary/aromatic N) is 1. The number of ether oxygens (including phenoxy) is 2. The maximum absolute atomic E-state index is 12.4. The highest BCUT2D eigenvalue weighted by Crippen LogP contribution is 2.25. The molecule has 0 heterocycles. The molecule has 120 valence electrons. The van der Waals surface area contributed by atoms with Gasteiger partial charge in [-0.3, -0.25) is 4.79 Å². The highest BCUT2D eigenvalue weighted by molar-refractivity contribution is 5.97. The van der Waals surface area contributed by atoms with E-state index in [1.54, 1.807) is 25.1 Å². The van der Waals surface area contributed by atoms with Crippen LogP contribution < -0.4 is 10.1 Å². The minimum Gasteiger partial charge on any atom is -0.492 e. The number of rotatable bonds is 8. The van der Waals surface area contributed by atoms with E-state index in [9.17, 15) is 4.79 Å². The van der Waals surface area contributed by atoms with E-state index in [4.69, 9.17) is 14.7 Å². The second-order valence-corrected chi connectivity index (χ2v) is 5.25. The summed E-state index contributed by atoms with van der Waals surface area (Å²) in [5.74, 6) is 0.306. The molecule has 0 aliphatic carbocycles. The van der Waals surface area contributed by atoms with E-state index in [0.717, 1.165) is 12.8 Å². The van der Waals surface area contributed by atoms with Gasteiger partial charge in [-0.05, 0) is 38.5 Å². The van der Waals surface area contributed by atoms with Crippen LogP contribution in [0.15, 0.2) is 18.2 Å². The van der Waals surface area contributed by atoms with Crippen molar-refractivity contribution in [2.24, 2.45) is 0 Å². The van der Waals surface area contributed by atoms with Crippen LogP contribution in [0.25, 0.3) is 0 Å². The molecule has 1 rings (SSSR count). The number of carbonyl (C=O) groups excluding carboxylic acids is 1. The van der Waals surface area contributed by atoms with Gasteiger partial charge in [-0.25, -0.2) is 0 Å². The third-order valence-electron chi connectivity index (χ3n) is 3.60. The van der Waals surface area contributed by atoms with Gasteiger partial charge in [-0.2, -0.15) is 5.26 Å². The van der Waals surface area contributed by atoms with Gasteiger partial charge in [0.1, 0.15) is 17.4 Å². The van der Waals surface area contributed by atoms with Gasteiger partial charge in [0, 0.05) is 12.8 Å². The number of amides is 1. The topological polar surface area (TPSA) is 71.3 Å². The standard InChI is InChI=1S/C17H24N2O3/c1-5-7-10-17(3,21-4)16(20)19-14-8-9-15(22-6-2)13(11-14)12-18/h8-9,11H,5-7,10H2,1-4H3,(H,19,20). The van der Waals surface area contributed by atoms with Crippen LogP contribution in [-0.4, -0.2) is 25.2 Å². The molecule has 0 fully saturated rings. The average molecular weight is 304 g/mol. The first kappa shape index (κ1) is 18.0. The van der Waals surface area contributed by atoms with Crippen molar-refractivity contribution in [3.8, 4) is 11.8 Å². The SMILES string of the molecule is CCCCC(C)(OC)C(=O)Nc1ccc(OCC)c(C#N)c1. The van der Waals surface area contributed by atoms with Gasteiger partial charge < -0.3 is 14.8 Å². The predicted molar refractivity (Wildman–Crippen MR) is 85.9 cm³/mol. The zero-order chi connectivity index (χ0) is 16.6. The fourth-order valence-corrected chi connectivity index (χ4v) is 2.06. The lowest BCUT2D eigenvalue weighted by molar-refractivity contribution is -0.136. The molecule has 0 saturated carbocycles. The maximum Gasteiger partial charge on any atom is 0.256 e. The summed E-state index contributed by atoms with van der Waals surface area (Å²) in [5.41, 5.74) is 0.0820. The normalized spacial score (nSPS) is 13.0. The molecule has 0 spiro atoms. The van der Waals surface area contributed by atoms with Gasteiger partial charge in [-0.15, -0.1) is 0 Å². The summed E-state index contributed by atoms with van der Waals surface area (Å²) in [6.07, 6.45) is 2.55. The smallest absolute Gasteiger partial charge is 0.256 e. The lowest BCUT2D eigenvalue weighted by atomic mass is 9.97. The summed E-state index contributed by atoms with van der Waals surface area (Å²) < 4.78 is 10.8. The van der Waals surface area contributed by atoms with Crippen molar-refractivity contribution >= 4 is 11.6 Å². The van der Waals surface area contributed by atoms with Crippen molar-refractivity contribution in [2.75, 3.05) is 19.0 Å². The minimum atomic E-state index is -0.874. The van der Waals surface area contributed by atoms with E-state index >= 15 is 0 Å². The van der Waals surface area contributed by atoms with Gasteiger partial charge in [0.2, 0.25) is 0 Å². The Morgan fingerprint density at radius 2 is 2.14 bits per heavy atom. The van der Waals surface area contributed by atoms with Crippen molar-refractivity contribution in [1.82, 2.24) is 0 Å². The highest BCUT2D eigenvalue weighted by atomic mass is 16.5. The second-order valence-electron chi connectivity index (χ2n) is 5.25. The lowest BCUT2D eigenvalue weighted by Crippen LogP contribution is -2.41. The Hall–Kier alpha value is -2.06. The molecule has 5 nitrogen and oxygen atoms in total. The first-order chi connectivity index (χ1) is 10.5. The lowest BCUT2D eigenvalue weighted by Gasteiger charge is -2.26. The predicted octanol–water partition coefficient (Wildman–Crippen LogP) is 3.49. The molecule has 0 aliphatic rings. The summed E-state index contributed by atoms with van der Waals surface area (Å²) in [7, 11) is 1.54. The highest BCUT2D eigenvalue weighted by Gasteiger charge is 2.32. The molecule has 0 aliphatic heterocycles. The van der Waals surface area contributed by atoms with Gasteiger partial charge in [0.05, 0.1) is 12.2 Å². The summed E-state index contributed by atoms with van der Waals surface area (Å²) in [4.78, 5) is 12.4. The van der Waals surface area contributed by atoms with Crippen LogP contribution in [0.4, 0.5) is 5.69 Å². The van der Waals surface area contributed by atoms with Gasteiger partial charge in [0.15, 0.2) is 0 Å². The number of carbonyl (C=O) groups is 1.